The molecule has 0 radical (unpaired) electrons. The number of carbonyl (C=O) groups excluding carboxylic acids is 1. The molecule has 1 aromatic rings. The van der Waals surface area contributed by atoms with Crippen LogP contribution in [0.1, 0.15) is 10.8 Å². The van der Waals surface area contributed by atoms with Gasteiger partial charge >= 0.3 is 0 Å². The lowest BCUT2D eigenvalue weighted by molar-refractivity contribution is -0.117. The first kappa shape index (κ1) is 9.55. The van der Waals surface area contributed by atoms with Crippen LogP contribution >= 0.6 is 23.4 Å². The number of halogens is 1. The summed E-state index contributed by atoms with van der Waals surface area (Å²) in [5.41, 5.74) is 6.22. The fraction of sp³-hybridized carbons (Fsp3) is 0.111. The summed E-state index contributed by atoms with van der Waals surface area (Å²) in [5.74, 6) is -0.236. The fourth-order valence-electron chi connectivity index (χ4n) is 1.25. The summed E-state index contributed by atoms with van der Waals surface area (Å²) in [4.78, 5) is 15.0. The van der Waals surface area contributed by atoms with Gasteiger partial charge in [0, 0.05) is 5.02 Å². The van der Waals surface area contributed by atoms with Crippen molar-refractivity contribution in [2.24, 2.45) is 10.7 Å². The maximum atomic E-state index is 11.4. The Morgan fingerprint density at radius 1 is 1.43 bits per heavy atom. The van der Waals surface area contributed by atoms with E-state index in [9.17, 15) is 4.79 Å². The zero-order chi connectivity index (χ0) is 10.1. The SMILES string of the molecule is NC1=NC(=O)[C@H](c2ccccc2Cl)S1. The number of nitrogens with two attached hydrogens (primary N) is 1. The van der Waals surface area contributed by atoms with Crippen molar-refractivity contribution in [3.63, 3.8) is 0 Å². The standard InChI is InChI=1S/C9H7ClN2OS/c10-6-4-2-1-3-5(6)7-8(13)12-9(11)14-7/h1-4,7H,(H2,11,12,13)/t7-/m0/s1. The highest BCUT2D eigenvalue weighted by atomic mass is 35.5. The first-order valence-corrected chi connectivity index (χ1v) is 5.23. The van der Waals surface area contributed by atoms with E-state index >= 15 is 0 Å². The fourth-order valence-corrected chi connectivity index (χ4v) is 2.43. The smallest absolute Gasteiger partial charge is 0.266 e. The number of amides is 1. The van der Waals surface area contributed by atoms with Crippen LogP contribution in [-0.4, -0.2) is 11.1 Å². The minimum Gasteiger partial charge on any atom is -0.378 e. The highest BCUT2D eigenvalue weighted by Crippen LogP contribution is 2.37. The molecule has 0 aliphatic carbocycles. The predicted molar refractivity (Wildman–Crippen MR) is 58.4 cm³/mol. The van der Waals surface area contributed by atoms with Crippen molar-refractivity contribution in [1.29, 1.82) is 0 Å². The number of nitrogens with zero attached hydrogens (tertiary/aromatic N) is 1. The van der Waals surface area contributed by atoms with E-state index in [4.69, 9.17) is 17.3 Å². The lowest BCUT2D eigenvalue weighted by atomic mass is 10.1. The molecule has 0 bridgehead atoms. The van der Waals surface area contributed by atoms with Crippen LogP contribution in [0.3, 0.4) is 0 Å². The van der Waals surface area contributed by atoms with Crippen LogP contribution in [0.2, 0.25) is 5.02 Å². The van der Waals surface area contributed by atoms with E-state index in [1.165, 1.54) is 11.8 Å². The maximum absolute atomic E-state index is 11.4. The molecule has 1 aliphatic heterocycles. The lowest BCUT2D eigenvalue weighted by Gasteiger charge is -2.07. The van der Waals surface area contributed by atoms with Gasteiger partial charge in [-0.25, -0.2) is 0 Å². The molecular formula is C9H7ClN2OS. The van der Waals surface area contributed by atoms with Gasteiger partial charge in [-0.15, -0.1) is 0 Å². The Bertz CT molecular complexity index is 419. The Balaban J connectivity index is 2.35. The summed E-state index contributed by atoms with van der Waals surface area (Å²) < 4.78 is 0. The second-order valence-corrected chi connectivity index (χ2v) is 4.34. The van der Waals surface area contributed by atoms with Gasteiger partial charge in [-0.3, -0.25) is 4.79 Å². The molecule has 14 heavy (non-hydrogen) atoms. The third-order valence-corrected chi connectivity index (χ3v) is 3.24. The van der Waals surface area contributed by atoms with E-state index in [1.54, 1.807) is 6.07 Å². The van der Waals surface area contributed by atoms with Gasteiger partial charge in [0.05, 0.1) is 0 Å². The van der Waals surface area contributed by atoms with Crippen molar-refractivity contribution in [3.8, 4) is 0 Å². The van der Waals surface area contributed by atoms with Crippen molar-refractivity contribution in [2.45, 2.75) is 5.25 Å². The number of hydrogen-bond donors (Lipinski definition) is 1. The average Bonchev–Trinajstić information content (AvgIpc) is 2.46. The molecule has 1 amide bonds. The molecule has 0 unspecified atom stereocenters. The van der Waals surface area contributed by atoms with Crippen LogP contribution in [-0.2, 0) is 4.79 Å². The number of hydrogen-bond acceptors (Lipinski definition) is 3. The van der Waals surface area contributed by atoms with Gasteiger partial charge in [-0.05, 0) is 11.6 Å². The molecule has 2 rings (SSSR count). The second-order valence-electron chi connectivity index (χ2n) is 2.81. The van der Waals surface area contributed by atoms with Crippen molar-refractivity contribution >= 4 is 34.4 Å². The van der Waals surface area contributed by atoms with Crippen LogP contribution in [0, 0.1) is 0 Å². The topological polar surface area (TPSA) is 55.4 Å². The minimum absolute atomic E-state index is 0.236. The Kier molecular flexibility index (Phi) is 2.48. The monoisotopic (exact) mass is 226 g/mol. The summed E-state index contributed by atoms with van der Waals surface area (Å²) in [6, 6.07) is 7.22. The highest BCUT2D eigenvalue weighted by molar-refractivity contribution is 8.15. The highest BCUT2D eigenvalue weighted by Gasteiger charge is 2.29. The van der Waals surface area contributed by atoms with Crippen LogP contribution in [0.5, 0.6) is 0 Å². The van der Waals surface area contributed by atoms with Crippen molar-refractivity contribution in [1.82, 2.24) is 0 Å². The molecule has 0 saturated heterocycles. The van der Waals surface area contributed by atoms with E-state index in [0.717, 1.165) is 5.56 Å². The van der Waals surface area contributed by atoms with Gasteiger partial charge in [0.1, 0.15) is 5.25 Å². The number of thioether (sulfide) groups is 1. The minimum atomic E-state index is -0.372. The molecule has 1 aliphatic rings. The van der Waals surface area contributed by atoms with Crippen LogP contribution in [0.4, 0.5) is 0 Å². The molecule has 3 nitrogen and oxygen atoms in total. The Labute approximate surface area is 90.3 Å². The van der Waals surface area contributed by atoms with Gasteiger partial charge in [0.25, 0.3) is 5.91 Å². The molecule has 0 saturated carbocycles. The van der Waals surface area contributed by atoms with Crippen LogP contribution in [0.15, 0.2) is 29.3 Å². The molecule has 0 fully saturated rings. The molecule has 72 valence electrons. The molecule has 0 spiro atoms. The summed E-state index contributed by atoms with van der Waals surface area (Å²) in [7, 11) is 0. The third kappa shape index (κ3) is 1.63. The van der Waals surface area contributed by atoms with Crippen LogP contribution < -0.4 is 5.73 Å². The van der Waals surface area contributed by atoms with Crippen molar-refractivity contribution in [2.75, 3.05) is 0 Å². The van der Waals surface area contributed by atoms with Gasteiger partial charge in [0.2, 0.25) is 0 Å². The van der Waals surface area contributed by atoms with Gasteiger partial charge in [0.15, 0.2) is 5.17 Å². The van der Waals surface area contributed by atoms with E-state index in [0.29, 0.717) is 10.2 Å². The molecule has 2 N–H and O–H groups in total. The van der Waals surface area contributed by atoms with Gasteiger partial charge in [-0.1, -0.05) is 41.6 Å². The first-order valence-electron chi connectivity index (χ1n) is 3.97. The average molecular weight is 227 g/mol. The van der Waals surface area contributed by atoms with E-state index in [1.807, 2.05) is 18.2 Å². The third-order valence-electron chi connectivity index (χ3n) is 1.87. The lowest BCUT2D eigenvalue weighted by Crippen LogP contribution is -2.03. The van der Waals surface area contributed by atoms with Crippen molar-refractivity contribution < 1.29 is 4.79 Å². The summed E-state index contributed by atoms with van der Waals surface area (Å²) in [6.07, 6.45) is 0. The molecule has 1 heterocycles. The molecule has 1 aromatic carbocycles. The first-order chi connectivity index (χ1) is 6.68. The zero-order valence-electron chi connectivity index (χ0n) is 7.11. The largest absolute Gasteiger partial charge is 0.378 e. The quantitative estimate of drug-likeness (QED) is 0.797. The van der Waals surface area contributed by atoms with Gasteiger partial charge in [-0.2, -0.15) is 4.99 Å². The molecule has 1 atom stereocenters. The predicted octanol–water partition coefficient (Wildman–Crippen LogP) is 1.97. The zero-order valence-corrected chi connectivity index (χ0v) is 8.68. The number of benzene rings is 1. The van der Waals surface area contributed by atoms with Crippen molar-refractivity contribution in [3.05, 3.63) is 34.9 Å². The molecule has 0 aromatic heterocycles. The summed E-state index contributed by atoms with van der Waals surface area (Å²) in [6.45, 7) is 0. The van der Waals surface area contributed by atoms with Crippen LogP contribution in [0.25, 0.3) is 0 Å². The van der Waals surface area contributed by atoms with E-state index in [2.05, 4.69) is 4.99 Å². The summed E-state index contributed by atoms with van der Waals surface area (Å²) >= 11 is 7.19. The van der Waals surface area contributed by atoms with E-state index in [-0.39, 0.29) is 11.2 Å². The summed E-state index contributed by atoms with van der Waals surface area (Å²) in [5, 5.41) is 0.506. The maximum Gasteiger partial charge on any atom is 0.266 e. The Morgan fingerprint density at radius 3 is 2.71 bits per heavy atom. The number of rotatable bonds is 1. The normalized spacial score (nSPS) is 21.1. The Hall–Kier alpha value is -1.000. The second kappa shape index (κ2) is 3.63. The molecular weight excluding hydrogens is 220 g/mol. The molecule has 5 heteroatoms. The number of aliphatic imine (C=N–C) groups is 1. The van der Waals surface area contributed by atoms with Gasteiger partial charge < -0.3 is 5.73 Å². The van der Waals surface area contributed by atoms with E-state index < -0.39 is 0 Å². The Morgan fingerprint density at radius 2 is 2.14 bits per heavy atom. The number of amidine groups is 1. The number of carbonyl (C=O) groups is 1.